The Morgan fingerprint density at radius 1 is 1.25 bits per heavy atom. The van der Waals surface area contributed by atoms with E-state index in [2.05, 4.69) is 15.5 Å². The Kier molecular flexibility index (Phi) is 4.55. The van der Waals surface area contributed by atoms with Crippen LogP contribution < -0.4 is 10.2 Å². The van der Waals surface area contributed by atoms with Crippen molar-refractivity contribution >= 4 is 11.6 Å². The first-order valence-corrected chi connectivity index (χ1v) is 8.37. The first kappa shape index (κ1) is 16.5. The molecule has 1 atom stereocenters. The molecule has 1 saturated carbocycles. The summed E-state index contributed by atoms with van der Waals surface area (Å²) in [6, 6.07) is 7.22. The van der Waals surface area contributed by atoms with Gasteiger partial charge in [-0.25, -0.2) is 0 Å². The van der Waals surface area contributed by atoms with Crippen LogP contribution >= 0.6 is 0 Å². The number of nitrogens with zero attached hydrogens (tertiary/aromatic N) is 3. The SMILES string of the molecule is CC(C)C(NC(=O)c1ccc(N(C)C)cc1)c1nc(C2CC2)no1. The molecule has 1 amide bonds. The number of carbonyl (C=O) groups is 1. The zero-order valence-electron chi connectivity index (χ0n) is 14.6. The smallest absolute Gasteiger partial charge is 0.251 e. The van der Waals surface area contributed by atoms with E-state index in [1.165, 1.54) is 0 Å². The van der Waals surface area contributed by atoms with Crippen LogP contribution in [0.2, 0.25) is 0 Å². The quantitative estimate of drug-likeness (QED) is 0.882. The van der Waals surface area contributed by atoms with Crippen LogP contribution in [0.4, 0.5) is 5.69 Å². The van der Waals surface area contributed by atoms with Crippen molar-refractivity contribution < 1.29 is 9.32 Å². The third-order valence-corrected chi connectivity index (χ3v) is 4.27. The minimum Gasteiger partial charge on any atom is -0.378 e. The van der Waals surface area contributed by atoms with Gasteiger partial charge in [-0.2, -0.15) is 4.98 Å². The molecule has 1 heterocycles. The first-order chi connectivity index (χ1) is 11.5. The fraction of sp³-hybridized carbons (Fsp3) is 0.500. The van der Waals surface area contributed by atoms with Crippen molar-refractivity contribution in [2.75, 3.05) is 19.0 Å². The van der Waals surface area contributed by atoms with Gasteiger partial charge in [0.15, 0.2) is 5.82 Å². The largest absolute Gasteiger partial charge is 0.378 e. The maximum Gasteiger partial charge on any atom is 0.251 e. The molecule has 1 aliphatic rings. The number of aromatic nitrogens is 2. The maximum atomic E-state index is 12.6. The summed E-state index contributed by atoms with van der Waals surface area (Å²) in [6.07, 6.45) is 2.24. The van der Waals surface area contributed by atoms with Gasteiger partial charge in [-0.3, -0.25) is 4.79 Å². The lowest BCUT2D eigenvalue weighted by Crippen LogP contribution is -2.32. The summed E-state index contributed by atoms with van der Waals surface area (Å²) in [6.45, 7) is 4.06. The van der Waals surface area contributed by atoms with Crippen LogP contribution in [-0.4, -0.2) is 30.1 Å². The van der Waals surface area contributed by atoms with Gasteiger partial charge >= 0.3 is 0 Å². The second-order valence-corrected chi connectivity index (χ2v) is 6.90. The molecule has 1 aliphatic carbocycles. The molecule has 1 aromatic carbocycles. The van der Waals surface area contributed by atoms with Gasteiger partial charge in [0.2, 0.25) is 5.89 Å². The van der Waals surface area contributed by atoms with Crippen LogP contribution in [0, 0.1) is 5.92 Å². The second-order valence-electron chi connectivity index (χ2n) is 6.90. The number of benzene rings is 1. The molecule has 3 rings (SSSR count). The van der Waals surface area contributed by atoms with Gasteiger partial charge in [0, 0.05) is 31.3 Å². The predicted octanol–water partition coefficient (Wildman–Crippen LogP) is 3.14. The standard InChI is InChI=1S/C18H24N4O2/c1-11(2)15(18-20-16(21-24-18)12-5-6-12)19-17(23)13-7-9-14(10-8-13)22(3)4/h7-12,15H,5-6H2,1-4H3,(H,19,23). The van der Waals surface area contributed by atoms with Crippen LogP contribution in [-0.2, 0) is 0 Å². The maximum absolute atomic E-state index is 12.6. The van der Waals surface area contributed by atoms with Gasteiger partial charge in [-0.15, -0.1) is 0 Å². The third-order valence-electron chi connectivity index (χ3n) is 4.27. The number of amides is 1. The van der Waals surface area contributed by atoms with Gasteiger partial charge in [-0.1, -0.05) is 19.0 Å². The summed E-state index contributed by atoms with van der Waals surface area (Å²) in [4.78, 5) is 19.0. The molecular weight excluding hydrogens is 304 g/mol. The lowest BCUT2D eigenvalue weighted by atomic mass is 10.0. The fourth-order valence-corrected chi connectivity index (χ4v) is 2.53. The lowest BCUT2D eigenvalue weighted by molar-refractivity contribution is 0.0914. The fourth-order valence-electron chi connectivity index (χ4n) is 2.53. The molecular formula is C18H24N4O2. The summed E-state index contributed by atoms with van der Waals surface area (Å²) in [5, 5.41) is 7.07. The van der Waals surface area contributed by atoms with E-state index < -0.39 is 0 Å². The Bertz CT molecular complexity index is 702. The molecule has 1 aromatic heterocycles. The van der Waals surface area contributed by atoms with Gasteiger partial charge in [0.1, 0.15) is 6.04 Å². The summed E-state index contributed by atoms with van der Waals surface area (Å²) in [5.74, 6) is 1.71. The van der Waals surface area contributed by atoms with E-state index in [0.717, 1.165) is 24.4 Å². The van der Waals surface area contributed by atoms with Crippen LogP contribution in [0.5, 0.6) is 0 Å². The molecule has 2 aromatic rings. The van der Waals surface area contributed by atoms with Crippen LogP contribution in [0.25, 0.3) is 0 Å². The van der Waals surface area contributed by atoms with Crippen molar-refractivity contribution in [3.8, 4) is 0 Å². The van der Waals surface area contributed by atoms with Gasteiger partial charge in [0.25, 0.3) is 5.91 Å². The van der Waals surface area contributed by atoms with Crippen molar-refractivity contribution in [2.24, 2.45) is 5.92 Å². The van der Waals surface area contributed by atoms with Crippen molar-refractivity contribution in [1.82, 2.24) is 15.5 Å². The molecule has 0 bridgehead atoms. The highest BCUT2D eigenvalue weighted by Crippen LogP contribution is 2.38. The van der Waals surface area contributed by atoms with Crippen molar-refractivity contribution in [3.63, 3.8) is 0 Å². The summed E-state index contributed by atoms with van der Waals surface area (Å²) >= 11 is 0. The van der Waals surface area contributed by atoms with Gasteiger partial charge in [-0.05, 0) is 43.0 Å². The zero-order chi connectivity index (χ0) is 17.3. The van der Waals surface area contributed by atoms with E-state index in [-0.39, 0.29) is 17.9 Å². The Labute approximate surface area is 142 Å². The van der Waals surface area contributed by atoms with E-state index >= 15 is 0 Å². The molecule has 24 heavy (non-hydrogen) atoms. The Balaban J connectivity index is 1.73. The highest BCUT2D eigenvalue weighted by atomic mass is 16.5. The summed E-state index contributed by atoms with van der Waals surface area (Å²) in [5.41, 5.74) is 1.67. The summed E-state index contributed by atoms with van der Waals surface area (Å²) in [7, 11) is 3.94. The molecule has 0 radical (unpaired) electrons. The van der Waals surface area contributed by atoms with Gasteiger partial charge in [0.05, 0.1) is 0 Å². The number of anilines is 1. The van der Waals surface area contributed by atoms with Crippen LogP contribution in [0.15, 0.2) is 28.8 Å². The molecule has 6 nitrogen and oxygen atoms in total. The van der Waals surface area contributed by atoms with E-state index in [4.69, 9.17) is 4.52 Å². The molecule has 1 N–H and O–H groups in total. The molecule has 6 heteroatoms. The number of nitrogens with one attached hydrogen (secondary N) is 1. The van der Waals surface area contributed by atoms with E-state index in [9.17, 15) is 4.79 Å². The van der Waals surface area contributed by atoms with E-state index in [1.807, 2.05) is 57.1 Å². The average molecular weight is 328 g/mol. The second kappa shape index (κ2) is 6.63. The number of hydrogen-bond donors (Lipinski definition) is 1. The van der Waals surface area contributed by atoms with E-state index in [0.29, 0.717) is 17.4 Å². The normalized spacial score (nSPS) is 15.4. The molecule has 0 aliphatic heterocycles. The van der Waals surface area contributed by atoms with Crippen LogP contribution in [0.1, 0.15) is 60.7 Å². The van der Waals surface area contributed by atoms with Crippen LogP contribution in [0.3, 0.4) is 0 Å². The Hall–Kier alpha value is -2.37. The van der Waals surface area contributed by atoms with Crippen molar-refractivity contribution in [3.05, 3.63) is 41.5 Å². The molecule has 128 valence electrons. The molecule has 0 saturated heterocycles. The lowest BCUT2D eigenvalue weighted by Gasteiger charge is -2.19. The zero-order valence-corrected chi connectivity index (χ0v) is 14.6. The highest BCUT2D eigenvalue weighted by molar-refractivity contribution is 5.94. The first-order valence-electron chi connectivity index (χ1n) is 8.37. The number of rotatable bonds is 6. The predicted molar refractivity (Wildman–Crippen MR) is 92.1 cm³/mol. The average Bonchev–Trinajstić information content (AvgIpc) is 3.30. The third kappa shape index (κ3) is 3.58. The monoisotopic (exact) mass is 328 g/mol. The molecule has 1 unspecified atom stereocenters. The topological polar surface area (TPSA) is 71.3 Å². The summed E-state index contributed by atoms with van der Waals surface area (Å²) < 4.78 is 5.39. The Morgan fingerprint density at radius 3 is 2.46 bits per heavy atom. The molecule has 0 spiro atoms. The minimum atomic E-state index is -0.286. The highest BCUT2D eigenvalue weighted by Gasteiger charge is 2.31. The van der Waals surface area contributed by atoms with Crippen molar-refractivity contribution in [2.45, 2.75) is 38.6 Å². The Morgan fingerprint density at radius 2 is 1.92 bits per heavy atom. The number of carbonyl (C=O) groups excluding carboxylic acids is 1. The molecule has 1 fully saturated rings. The minimum absolute atomic E-state index is 0.134. The van der Waals surface area contributed by atoms with Gasteiger partial charge < -0.3 is 14.7 Å². The van der Waals surface area contributed by atoms with E-state index in [1.54, 1.807) is 0 Å². The number of hydrogen-bond acceptors (Lipinski definition) is 5. The van der Waals surface area contributed by atoms with Crippen molar-refractivity contribution in [1.29, 1.82) is 0 Å².